The van der Waals surface area contributed by atoms with E-state index in [1.807, 2.05) is 13.8 Å². The molecule has 0 atom stereocenters. The molecule has 21 heavy (non-hydrogen) atoms. The van der Waals surface area contributed by atoms with Crippen molar-refractivity contribution in [2.45, 2.75) is 40.2 Å². The van der Waals surface area contributed by atoms with Crippen molar-refractivity contribution in [1.29, 1.82) is 0 Å². The van der Waals surface area contributed by atoms with Crippen molar-refractivity contribution in [3.8, 4) is 0 Å². The Kier molecular flexibility index (Phi) is 3.80. The van der Waals surface area contributed by atoms with Crippen molar-refractivity contribution in [2.75, 3.05) is 13.2 Å². The minimum Gasteiger partial charge on any atom is -0.381 e. The maximum atomic E-state index is 12.9. The number of ether oxygens (including phenoxy) is 1. The van der Waals surface area contributed by atoms with Crippen molar-refractivity contribution in [2.24, 2.45) is 5.41 Å². The smallest absolute Gasteiger partial charge is 0.263 e. The van der Waals surface area contributed by atoms with Crippen molar-refractivity contribution in [3.63, 3.8) is 0 Å². The van der Waals surface area contributed by atoms with E-state index in [-0.39, 0.29) is 11.0 Å². The van der Waals surface area contributed by atoms with Crippen LogP contribution < -0.4 is 5.56 Å². The molecule has 2 aromatic heterocycles. The average molecular weight is 324 g/mol. The SMILES string of the molecule is Cc1sc2[nH]c(=S)n(CC3(C)CCOCC3)c(=O)c2c1C. The van der Waals surface area contributed by atoms with Gasteiger partial charge < -0.3 is 9.72 Å². The van der Waals surface area contributed by atoms with E-state index in [0.717, 1.165) is 41.8 Å². The molecule has 0 amide bonds. The van der Waals surface area contributed by atoms with Crippen LogP contribution in [0.15, 0.2) is 4.79 Å². The molecule has 3 rings (SSSR count). The molecule has 6 heteroatoms. The van der Waals surface area contributed by atoms with Gasteiger partial charge in [-0.3, -0.25) is 9.36 Å². The Labute approximate surface area is 132 Å². The minimum absolute atomic E-state index is 0.0447. The molecular weight excluding hydrogens is 304 g/mol. The van der Waals surface area contributed by atoms with Crippen LogP contribution in [0.5, 0.6) is 0 Å². The molecule has 1 saturated heterocycles. The number of hydrogen-bond acceptors (Lipinski definition) is 4. The fourth-order valence-corrected chi connectivity index (χ4v) is 4.28. The normalized spacial score (nSPS) is 18.2. The zero-order valence-corrected chi connectivity index (χ0v) is 14.2. The lowest BCUT2D eigenvalue weighted by Gasteiger charge is -2.33. The number of aromatic amines is 1. The van der Waals surface area contributed by atoms with Gasteiger partial charge in [-0.15, -0.1) is 11.3 Å². The fraction of sp³-hybridized carbons (Fsp3) is 0.600. The summed E-state index contributed by atoms with van der Waals surface area (Å²) in [5.74, 6) is 0. The third kappa shape index (κ3) is 2.60. The number of fused-ring (bicyclic) bond motifs is 1. The molecule has 0 spiro atoms. The average Bonchev–Trinajstić information content (AvgIpc) is 2.71. The second kappa shape index (κ2) is 5.34. The molecule has 0 aliphatic carbocycles. The quantitative estimate of drug-likeness (QED) is 0.859. The Bertz CT molecular complexity index is 794. The number of aromatic nitrogens is 2. The van der Waals surface area contributed by atoms with Crippen LogP contribution in [-0.2, 0) is 11.3 Å². The minimum atomic E-state index is 0.0447. The lowest BCUT2D eigenvalue weighted by molar-refractivity contribution is 0.0148. The maximum absolute atomic E-state index is 12.9. The standard InChI is InChI=1S/C15H20N2O2S2/c1-9-10(2)21-12-11(9)13(18)17(14(20)16-12)8-15(3)4-6-19-7-5-15/h4-8H2,1-3H3,(H,16,20). The molecule has 0 bridgehead atoms. The molecular formula is C15H20N2O2S2. The van der Waals surface area contributed by atoms with Crippen LogP contribution in [0.25, 0.3) is 10.2 Å². The number of aryl methyl sites for hydroxylation is 2. The first-order valence-electron chi connectivity index (χ1n) is 7.22. The lowest BCUT2D eigenvalue weighted by Crippen LogP contribution is -2.35. The van der Waals surface area contributed by atoms with E-state index >= 15 is 0 Å². The van der Waals surface area contributed by atoms with Crippen molar-refractivity contribution < 1.29 is 4.74 Å². The van der Waals surface area contributed by atoms with Crippen LogP contribution in [0, 0.1) is 24.0 Å². The summed E-state index contributed by atoms with van der Waals surface area (Å²) in [7, 11) is 0. The van der Waals surface area contributed by atoms with E-state index in [1.165, 1.54) is 4.88 Å². The summed E-state index contributed by atoms with van der Waals surface area (Å²) in [5, 5.41) is 0.793. The first kappa shape index (κ1) is 14.9. The number of hydrogen-bond donors (Lipinski definition) is 1. The zero-order chi connectivity index (χ0) is 15.2. The predicted molar refractivity (Wildman–Crippen MR) is 88.9 cm³/mol. The molecule has 0 unspecified atom stereocenters. The summed E-state index contributed by atoms with van der Waals surface area (Å²) in [6.45, 7) is 8.45. The highest BCUT2D eigenvalue weighted by molar-refractivity contribution is 7.71. The fourth-order valence-electron chi connectivity index (χ4n) is 2.91. The van der Waals surface area contributed by atoms with Gasteiger partial charge in [-0.25, -0.2) is 0 Å². The summed E-state index contributed by atoms with van der Waals surface area (Å²) >= 11 is 7.03. The first-order valence-corrected chi connectivity index (χ1v) is 8.44. The van der Waals surface area contributed by atoms with E-state index < -0.39 is 0 Å². The predicted octanol–water partition coefficient (Wildman–Crippen LogP) is 3.55. The monoisotopic (exact) mass is 324 g/mol. The number of thiophene rings is 1. The Hall–Kier alpha value is -0.980. The van der Waals surface area contributed by atoms with Gasteiger partial charge in [0.25, 0.3) is 5.56 Å². The number of H-pyrrole nitrogens is 1. The summed E-state index contributed by atoms with van der Waals surface area (Å²) in [6.07, 6.45) is 1.93. The summed E-state index contributed by atoms with van der Waals surface area (Å²) in [5.41, 5.74) is 1.19. The van der Waals surface area contributed by atoms with Crippen LogP contribution in [0.2, 0.25) is 0 Å². The third-order valence-electron chi connectivity index (χ3n) is 4.55. The van der Waals surface area contributed by atoms with Gasteiger partial charge in [0, 0.05) is 24.6 Å². The Balaban J connectivity index is 2.12. The third-order valence-corrected chi connectivity index (χ3v) is 5.99. The molecule has 4 nitrogen and oxygen atoms in total. The van der Waals surface area contributed by atoms with Gasteiger partial charge >= 0.3 is 0 Å². The van der Waals surface area contributed by atoms with Crippen LogP contribution in [0.4, 0.5) is 0 Å². The van der Waals surface area contributed by atoms with Crippen LogP contribution in [0.3, 0.4) is 0 Å². The lowest BCUT2D eigenvalue weighted by atomic mass is 9.82. The summed E-state index contributed by atoms with van der Waals surface area (Å²) < 4.78 is 7.70. The van der Waals surface area contributed by atoms with Gasteiger partial charge in [-0.05, 0) is 49.9 Å². The van der Waals surface area contributed by atoms with E-state index in [2.05, 4.69) is 11.9 Å². The molecule has 0 saturated carbocycles. The van der Waals surface area contributed by atoms with Gasteiger partial charge in [-0.2, -0.15) is 0 Å². The topological polar surface area (TPSA) is 47.0 Å². The van der Waals surface area contributed by atoms with Gasteiger partial charge in [0.15, 0.2) is 4.77 Å². The van der Waals surface area contributed by atoms with E-state index in [4.69, 9.17) is 17.0 Å². The highest BCUT2D eigenvalue weighted by Gasteiger charge is 2.29. The highest BCUT2D eigenvalue weighted by atomic mass is 32.1. The summed E-state index contributed by atoms with van der Waals surface area (Å²) in [4.78, 5) is 18.1. The molecule has 0 aromatic carbocycles. The van der Waals surface area contributed by atoms with Gasteiger partial charge in [0.05, 0.1) is 5.39 Å². The second-order valence-corrected chi connectivity index (χ2v) is 7.84. The number of nitrogens with zero attached hydrogens (tertiary/aromatic N) is 1. The van der Waals surface area contributed by atoms with E-state index in [1.54, 1.807) is 15.9 Å². The first-order chi connectivity index (χ1) is 9.91. The molecule has 0 radical (unpaired) electrons. The van der Waals surface area contributed by atoms with Crippen LogP contribution >= 0.6 is 23.6 Å². The molecule has 114 valence electrons. The van der Waals surface area contributed by atoms with Crippen LogP contribution in [0.1, 0.15) is 30.2 Å². The molecule has 1 N–H and O–H groups in total. The zero-order valence-electron chi connectivity index (χ0n) is 12.6. The molecule has 3 heterocycles. The van der Waals surface area contributed by atoms with Crippen molar-refractivity contribution >= 4 is 33.8 Å². The summed E-state index contributed by atoms with van der Waals surface area (Å²) in [6, 6.07) is 0. The molecule has 2 aromatic rings. The second-order valence-electron chi connectivity index (χ2n) is 6.23. The Morgan fingerprint density at radius 3 is 2.71 bits per heavy atom. The van der Waals surface area contributed by atoms with Gasteiger partial charge in [-0.1, -0.05) is 6.92 Å². The van der Waals surface area contributed by atoms with E-state index in [9.17, 15) is 4.79 Å². The van der Waals surface area contributed by atoms with Gasteiger partial charge in [0.1, 0.15) is 4.83 Å². The van der Waals surface area contributed by atoms with Gasteiger partial charge in [0.2, 0.25) is 0 Å². The highest BCUT2D eigenvalue weighted by Crippen LogP contribution is 2.32. The Morgan fingerprint density at radius 1 is 1.38 bits per heavy atom. The van der Waals surface area contributed by atoms with E-state index in [0.29, 0.717) is 11.3 Å². The Morgan fingerprint density at radius 2 is 2.05 bits per heavy atom. The molecule has 1 aliphatic rings. The number of rotatable bonds is 2. The van der Waals surface area contributed by atoms with Crippen molar-refractivity contribution in [1.82, 2.24) is 9.55 Å². The maximum Gasteiger partial charge on any atom is 0.263 e. The van der Waals surface area contributed by atoms with Crippen LogP contribution in [-0.4, -0.2) is 22.8 Å². The number of nitrogens with one attached hydrogen (secondary N) is 1. The van der Waals surface area contributed by atoms with Crippen molar-refractivity contribution in [3.05, 3.63) is 25.6 Å². The largest absolute Gasteiger partial charge is 0.381 e. The molecule has 1 fully saturated rings. The molecule has 1 aliphatic heterocycles.